The predicted octanol–water partition coefficient (Wildman–Crippen LogP) is 2.63. The van der Waals surface area contributed by atoms with Crippen LogP contribution in [0.5, 0.6) is 0 Å². The molecule has 4 heteroatoms. The molecule has 1 N–H and O–H groups in total. The Hall–Kier alpha value is -1.16. The van der Waals surface area contributed by atoms with Crippen molar-refractivity contribution in [1.82, 2.24) is 0 Å². The number of aromatic carboxylic acids is 1. The van der Waals surface area contributed by atoms with Crippen LogP contribution in [0.3, 0.4) is 0 Å². The van der Waals surface area contributed by atoms with Crippen LogP contribution in [0.2, 0.25) is 0 Å². The monoisotopic (exact) mass is 251 g/mol. The number of anilines is 1. The summed E-state index contributed by atoms with van der Waals surface area (Å²) in [5.74, 6) is 0.222. The molecule has 0 saturated carbocycles. The van der Waals surface area contributed by atoms with E-state index in [1.54, 1.807) is 6.07 Å². The second kappa shape index (κ2) is 5.00. The summed E-state index contributed by atoms with van der Waals surface area (Å²) in [6, 6.07) is 5.54. The fourth-order valence-corrected chi connectivity index (χ4v) is 3.13. The van der Waals surface area contributed by atoms with Crippen molar-refractivity contribution in [3.8, 4) is 0 Å². The Bertz CT molecular complexity index is 433. The SMILES string of the molecule is Cc1ccc(C(=O)O)c(N2CCSC(C)C2)c1. The molecule has 1 heterocycles. The number of rotatable bonds is 2. The number of carboxylic acid groups (broad SMARTS) is 1. The molecule has 0 bridgehead atoms. The van der Waals surface area contributed by atoms with Gasteiger partial charge in [0.1, 0.15) is 0 Å². The molecule has 1 saturated heterocycles. The molecule has 2 rings (SSSR count). The van der Waals surface area contributed by atoms with E-state index in [9.17, 15) is 9.90 Å². The molecule has 1 aliphatic heterocycles. The molecule has 0 spiro atoms. The lowest BCUT2D eigenvalue weighted by Gasteiger charge is -2.33. The highest BCUT2D eigenvalue weighted by atomic mass is 32.2. The predicted molar refractivity (Wildman–Crippen MR) is 72.3 cm³/mol. The smallest absolute Gasteiger partial charge is 0.337 e. The van der Waals surface area contributed by atoms with E-state index in [1.165, 1.54) is 0 Å². The van der Waals surface area contributed by atoms with Gasteiger partial charge in [0.15, 0.2) is 0 Å². The highest BCUT2D eigenvalue weighted by Gasteiger charge is 2.21. The van der Waals surface area contributed by atoms with Crippen molar-refractivity contribution < 1.29 is 9.90 Å². The van der Waals surface area contributed by atoms with Gasteiger partial charge in [-0.05, 0) is 24.6 Å². The number of hydrogen-bond donors (Lipinski definition) is 1. The molecule has 1 fully saturated rings. The zero-order valence-corrected chi connectivity index (χ0v) is 11.0. The molecule has 1 aromatic rings. The standard InChI is InChI=1S/C13H17NO2S/c1-9-3-4-11(13(15)16)12(7-9)14-5-6-17-10(2)8-14/h3-4,7,10H,5-6,8H2,1-2H3,(H,15,16). The number of nitrogens with zero attached hydrogens (tertiary/aromatic N) is 1. The van der Waals surface area contributed by atoms with Crippen molar-refractivity contribution >= 4 is 23.4 Å². The maximum Gasteiger partial charge on any atom is 0.337 e. The lowest BCUT2D eigenvalue weighted by Crippen LogP contribution is -2.37. The largest absolute Gasteiger partial charge is 0.478 e. The third kappa shape index (κ3) is 2.75. The quantitative estimate of drug-likeness (QED) is 0.877. The first-order valence-electron chi connectivity index (χ1n) is 5.78. The molecule has 1 unspecified atom stereocenters. The number of thioether (sulfide) groups is 1. The van der Waals surface area contributed by atoms with Crippen molar-refractivity contribution in [2.75, 3.05) is 23.7 Å². The van der Waals surface area contributed by atoms with E-state index in [4.69, 9.17) is 0 Å². The fourth-order valence-electron chi connectivity index (χ4n) is 2.12. The zero-order valence-electron chi connectivity index (χ0n) is 10.1. The Morgan fingerprint density at radius 1 is 1.53 bits per heavy atom. The van der Waals surface area contributed by atoms with E-state index in [2.05, 4.69) is 11.8 Å². The van der Waals surface area contributed by atoms with Gasteiger partial charge in [-0.2, -0.15) is 11.8 Å². The van der Waals surface area contributed by atoms with Gasteiger partial charge in [0, 0.05) is 24.1 Å². The normalized spacial score (nSPS) is 20.4. The molecule has 0 amide bonds. The molecule has 1 aliphatic rings. The molecule has 17 heavy (non-hydrogen) atoms. The van der Waals surface area contributed by atoms with Gasteiger partial charge in [0.25, 0.3) is 0 Å². The molecule has 1 atom stereocenters. The van der Waals surface area contributed by atoms with Gasteiger partial charge >= 0.3 is 5.97 Å². The summed E-state index contributed by atoms with van der Waals surface area (Å²) in [5, 5.41) is 9.78. The van der Waals surface area contributed by atoms with Gasteiger partial charge in [0.2, 0.25) is 0 Å². The van der Waals surface area contributed by atoms with Gasteiger partial charge < -0.3 is 10.0 Å². The second-order valence-electron chi connectivity index (χ2n) is 4.45. The summed E-state index contributed by atoms with van der Waals surface area (Å²) in [6.07, 6.45) is 0. The van der Waals surface area contributed by atoms with Gasteiger partial charge in [-0.25, -0.2) is 4.79 Å². The van der Waals surface area contributed by atoms with Crippen molar-refractivity contribution in [2.24, 2.45) is 0 Å². The molecule has 3 nitrogen and oxygen atoms in total. The topological polar surface area (TPSA) is 40.5 Å². The van der Waals surface area contributed by atoms with Crippen molar-refractivity contribution in [2.45, 2.75) is 19.1 Å². The summed E-state index contributed by atoms with van der Waals surface area (Å²) < 4.78 is 0. The van der Waals surface area contributed by atoms with Crippen molar-refractivity contribution in [3.05, 3.63) is 29.3 Å². The summed E-state index contributed by atoms with van der Waals surface area (Å²) >= 11 is 1.95. The Labute approximate surface area is 106 Å². The van der Waals surface area contributed by atoms with Crippen LogP contribution in [0.1, 0.15) is 22.8 Å². The van der Waals surface area contributed by atoms with Gasteiger partial charge in [-0.15, -0.1) is 0 Å². The van der Waals surface area contributed by atoms with E-state index in [1.807, 2.05) is 30.8 Å². The average molecular weight is 251 g/mol. The van der Waals surface area contributed by atoms with E-state index in [-0.39, 0.29) is 0 Å². The Balaban J connectivity index is 2.35. The highest BCUT2D eigenvalue weighted by Crippen LogP contribution is 2.27. The van der Waals surface area contributed by atoms with E-state index in [0.29, 0.717) is 10.8 Å². The number of hydrogen-bond acceptors (Lipinski definition) is 3. The van der Waals surface area contributed by atoms with Gasteiger partial charge in [-0.3, -0.25) is 0 Å². The van der Waals surface area contributed by atoms with Gasteiger partial charge in [-0.1, -0.05) is 13.0 Å². The summed E-state index contributed by atoms with van der Waals surface area (Å²) in [7, 11) is 0. The van der Waals surface area contributed by atoms with Gasteiger partial charge in [0.05, 0.1) is 11.3 Å². The first-order chi connectivity index (χ1) is 8.08. The van der Waals surface area contributed by atoms with E-state index in [0.717, 1.165) is 30.1 Å². The highest BCUT2D eigenvalue weighted by molar-refractivity contribution is 8.00. The third-order valence-corrected chi connectivity index (χ3v) is 4.10. The number of carbonyl (C=O) groups is 1. The minimum absolute atomic E-state index is 0.412. The van der Waals surface area contributed by atoms with Crippen molar-refractivity contribution in [1.29, 1.82) is 0 Å². The summed E-state index contributed by atoms with van der Waals surface area (Å²) in [6.45, 7) is 6.04. The first-order valence-corrected chi connectivity index (χ1v) is 6.83. The van der Waals surface area contributed by atoms with Crippen LogP contribution in [-0.2, 0) is 0 Å². The van der Waals surface area contributed by atoms with Crippen LogP contribution >= 0.6 is 11.8 Å². The molecule has 92 valence electrons. The number of carboxylic acids is 1. The first kappa shape index (κ1) is 12.3. The zero-order chi connectivity index (χ0) is 12.4. The Kier molecular flexibility index (Phi) is 3.62. The van der Waals surface area contributed by atoms with Crippen LogP contribution in [0.4, 0.5) is 5.69 Å². The average Bonchev–Trinajstić information content (AvgIpc) is 2.28. The second-order valence-corrected chi connectivity index (χ2v) is 6.00. The van der Waals surface area contributed by atoms with E-state index >= 15 is 0 Å². The minimum Gasteiger partial charge on any atom is -0.478 e. The summed E-state index contributed by atoms with van der Waals surface area (Å²) in [4.78, 5) is 13.4. The van der Waals surface area contributed by atoms with Crippen LogP contribution < -0.4 is 4.90 Å². The lowest BCUT2D eigenvalue weighted by atomic mass is 10.1. The molecule has 0 aromatic heterocycles. The summed E-state index contributed by atoms with van der Waals surface area (Å²) in [5.41, 5.74) is 2.38. The van der Waals surface area contributed by atoms with Crippen LogP contribution in [0.25, 0.3) is 0 Å². The maximum atomic E-state index is 11.2. The lowest BCUT2D eigenvalue weighted by molar-refractivity contribution is 0.0697. The number of aryl methyl sites for hydroxylation is 1. The fraction of sp³-hybridized carbons (Fsp3) is 0.462. The maximum absolute atomic E-state index is 11.2. The van der Waals surface area contributed by atoms with Crippen LogP contribution in [-0.4, -0.2) is 35.2 Å². The Morgan fingerprint density at radius 2 is 2.29 bits per heavy atom. The molecular formula is C13H17NO2S. The number of benzene rings is 1. The Morgan fingerprint density at radius 3 is 2.94 bits per heavy atom. The molecule has 0 aliphatic carbocycles. The van der Waals surface area contributed by atoms with E-state index < -0.39 is 5.97 Å². The minimum atomic E-state index is -0.842. The molecule has 1 aromatic carbocycles. The van der Waals surface area contributed by atoms with Crippen molar-refractivity contribution in [3.63, 3.8) is 0 Å². The molecular weight excluding hydrogens is 234 g/mol. The van der Waals surface area contributed by atoms with Crippen LogP contribution in [0, 0.1) is 6.92 Å². The molecule has 0 radical (unpaired) electrons. The third-order valence-electron chi connectivity index (χ3n) is 2.97. The van der Waals surface area contributed by atoms with Crippen LogP contribution in [0.15, 0.2) is 18.2 Å².